The molecule has 7 heteroatoms. The van der Waals surface area contributed by atoms with Crippen molar-refractivity contribution in [2.24, 2.45) is 5.73 Å². The molecule has 2 aliphatic rings. The molecule has 0 radical (unpaired) electrons. The smallest absolute Gasteiger partial charge is 0.298 e. The highest BCUT2D eigenvalue weighted by atomic mass is 16.2. The fourth-order valence-electron chi connectivity index (χ4n) is 4.59. The van der Waals surface area contributed by atoms with Gasteiger partial charge in [-0.05, 0) is 61.4 Å². The minimum Gasteiger partial charge on any atom is -0.349 e. The summed E-state index contributed by atoms with van der Waals surface area (Å²) in [5.74, 6) is 0.339. The molecule has 1 aliphatic heterocycles. The lowest BCUT2D eigenvalue weighted by atomic mass is 10.0. The van der Waals surface area contributed by atoms with E-state index in [0.717, 1.165) is 48.9 Å². The number of anilines is 1. The van der Waals surface area contributed by atoms with Crippen LogP contribution in [0.5, 0.6) is 0 Å². The summed E-state index contributed by atoms with van der Waals surface area (Å²) < 4.78 is 1.61. The molecule has 1 saturated carbocycles. The Morgan fingerprint density at radius 3 is 2.82 bits per heavy atom. The van der Waals surface area contributed by atoms with Crippen LogP contribution in [0.3, 0.4) is 0 Å². The normalized spacial score (nSPS) is 17.9. The lowest BCUT2D eigenvalue weighted by Crippen LogP contribution is -2.33. The van der Waals surface area contributed by atoms with Gasteiger partial charge in [-0.1, -0.05) is 30.3 Å². The van der Waals surface area contributed by atoms with Crippen molar-refractivity contribution in [1.29, 1.82) is 0 Å². The molecular formula is C26H29N5O2. The minimum absolute atomic E-state index is 0.0873. The number of carbonyl (C=O) groups excluding carboxylic acids is 1. The molecule has 2 heterocycles. The Balaban J connectivity index is 1.50. The third kappa shape index (κ3) is 4.28. The number of hydrogen-bond donors (Lipinski definition) is 2. The molecule has 1 aliphatic carbocycles. The molecule has 1 amide bonds. The largest absolute Gasteiger partial charge is 0.349 e. The average Bonchev–Trinajstić information content (AvgIpc) is 3.51. The summed E-state index contributed by atoms with van der Waals surface area (Å²) in [7, 11) is 0. The van der Waals surface area contributed by atoms with E-state index in [1.807, 2.05) is 31.2 Å². The maximum absolute atomic E-state index is 13.6. The van der Waals surface area contributed by atoms with Gasteiger partial charge in [-0.15, -0.1) is 0 Å². The second-order valence-corrected chi connectivity index (χ2v) is 8.98. The van der Waals surface area contributed by atoms with Crippen LogP contribution < -0.4 is 21.5 Å². The van der Waals surface area contributed by atoms with Crippen LogP contribution >= 0.6 is 0 Å². The van der Waals surface area contributed by atoms with E-state index in [1.54, 1.807) is 23.0 Å². The van der Waals surface area contributed by atoms with E-state index < -0.39 is 0 Å². The number of nitrogens with one attached hydrogen (secondary N) is 1. The van der Waals surface area contributed by atoms with Crippen LogP contribution in [0.4, 0.5) is 5.82 Å². The van der Waals surface area contributed by atoms with Crippen LogP contribution in [0.15, 0.2) is 59.7 Å². The van der Waals surface area contributed by atoms with E-state index in [4.69, 9.17) is 5.73 Å². The zero-order valence-corrected chi connectivity index (χ0v) is 18.8. The van der Waals surface area contributed by atoms with Crippen LogP contribution in [0.2, 0.25) is 0 Å². The Morgan fingerprint density at radius 1 is 1.18 bits per heavy atom. The van der Waals surface area contributed by atoms with Crippen LogP contribution in [0.1, 0.15) is 58.8 Å². The van der Waals surface area contributed by atoms with Crippen LogP contribution in [0, 0.1) is 6.92 Å². The third-order valence-corrected chi connectivity index (χ3v) is 6.56. The van der Waals surface area contributed by atoms with Gasteiger partial charge in [0.15, 0.2) is 5.82 Å². The molecule has 3 N–H and O–H groups in total. The molecular weight excluding hydrogens is 414 g/mol. The highest BCUT2D eigenvalue weighted by molar-refractivity contribution is 5.95. The number of benzene rings is 2. The molecule has 2 fully saturated rings. The van der Waals surface area contributed by atoms with Gasteiger partial charge in [0.2, 0.25) is 0 Å². The predicted molar refractivity (Wildman–Crippen MR) is 129 cm³/mol. The van der Waals surface area contributed by atoms with Gasteiger partial charge in [0.25, 0.3) is 11.5 Å². The molecule has 1 unspecified atom stereocenters. The second kappa shape index (κ2) is 8.83. The van der Waals surface area contributed by atoms with Gasteiger partial charge in [0.05, 0.1) is 11.7 Å². The summed E-state index contributed by atoms with van der Waals surface area (Å²) in [6, 6.07) is 14.1. The number of aryl methyl sites for hydroxylation is 1. The summed E-state index contributed by atoms with van der Waals surface area (Å²) in [6.45, 7) is 3.20. The molecule has 1 saturated heterocycles. The van der Waals surface area contributed by atoms with Crippen molar-refractivity contribution in [3.05, 3.63) is 87.5 Å². The average molecular weight is 444 g/mol. The number of nitrogens with two attached hydrogens (primary N) is 1. The molecule has 2 aromatic carbocycles. The molecule has 33 heavy (non-hydrogen) atoms. The SMILES string of the molecule is Cc1ccc(C(=O)NC2CC2)cc1-n1ccnc(N2CCCC2c2cccc(CN)c2)c1=O. The van der Waals surface area contributed by atoms with E-state index in [2.05, 4.69) is 27.3 Å². The van der Waals surface area contributed by atoms with E-state index in [-0.39, 0.29) is 23.6 Å². The van der Waals surface area contributed by atoms with Gasteiger partial charge in [0.1, 0.15) is 0 Å². The molecule has 1 atom stereocenters. The Morgan fingerprint density at radius 2 is 2.03 bits per heavy atom. The predicted octanol–water partition coefficient (Wildman–Crippen LogP) is 3.23. The molecule has 0 spiro atoms. The summed E-state index contributed by atoms with van der Waals surface area (Å²) >= 11 is 0. The van der Waals surface area contributed by atoms with Crippen molar-refractivity contribution in [2.75, 3.05) is 11.4 Å². The van der Waals surface area contributed by atoms with Crippen molar-refractivity contribution >= 4 is 11.7 Å². The fourth-order valence-corrected chi connectivity index (χ4v) is 4.59. The Bertz CT molecular complexity index is 1250. The monoisotopic (exact) mass is 443 g/mol. The summed E-state index contributed by atoms with van der Waals surface area (Å²) in [6.07, 6.45) is 7.35. The molecule has 3 aromatic rings. The van der Waals surface area contributed by atoms with Gasteiger partial charge in [0, 0.05) is 37.1 Å². The standard InChI is InChI=1S/C26H29N5O2/c1-17-7-8-20(25(32)29-21-9-10-21)15-23(17)31-13-11-28-24(26(31)33)30-12-3-6-22(30)19-5-2-4-18(14-19)16-27/h2,4-5,7-8,11,13-15,21-22H,3,6,9-10,12,16,27H2,1H3,(H,29,32). The van der Waals surface area contributed by atoms with Crippen molar-refractivity contribution in [2.45, 2.75) is 51.2 Å². The van der Waals surface area contributed by atoms with E-state index >= 15 is 0 Å². The maximum Gasteiger partial charge on any atom is 0.298 e. The topological polar surface area (TPSA) is 93.2 Å². The van der Waals surface area contributed by atoms with Crippen molar-refractivity contribution in [3.8, 4) is 5.69 Å². The number of aromatic nitrogens is 2. The number of amides is 1. The Kier molecular flexibility index (Phi) is 5.72. The Hall–Kier alpha value is -3.45. The first-order chi connectivity index (χ1) is 16.0. The number of rotatable bonds is 6. The fraction of sp³-hybridized carbons (Fsp3) is 0.346. The second-order valence-electron chi connectivity index (χ2n) is 8.98. The van der Waals surface area contributed by atoms with Crippen LogP contribution in [0.25, 0.3) is 5.69 Å². The van der Waals surface area contributed by atoms with E-state index in [1.165, 1.54) is 0 Å². The van der Waals surface area contributed by atoms with Gasteiger partial charge < -0.3 is 16.0 Å². The van der Waals surface area contributed by atoms with Crippen LogP contribution in [-0.4, -0.2) is 28.0 Å². The minimum atomic E-state index is -0.178. The van der Waals surface area contributed by atoms with E-state index in [0.29, 0.717) is 23.6 Å². The highest BCUT2D eigenvalue weighted by Gasteiger charge is 2.30. The first-order valence-corrected chi connectivity index (χ1v) is 11.6. The summed E-state index contributed by atoms with van der Waals surface area (Å²) in [5.41, 5.74) is 10.1. The summed E-state index contributed by atoms with van der Waals surface area (Å²) in [5, 5.41) is 3.02. The zero-order valence-electron chi connectivity index (χ0n) is 18.8. The number of hydrogen-bond acceptors (Lipinski definition) is 5. The van der Waals surface area contributed by atoms with Gasteiger partial charge in [-0.2, -0.15) is 0 Å². The van der Waals surface area contributed by atoms with Crippen molar-refractivity contribution < 1.29 is 4.79 Å². The highest BCUT2D eigenvalue weighted by Crippen LogP contribution is 2.34. The van der Waals surface area contributed by atoms with Crippen LogP contribution in [-0.2, 0) is 6.54 Å². The Labute approximate surface area is 193 Å². The lowest BCUT2D eigenvalue weighted by Gasteiger charge is -2.26. The summed E-state index contributed by atoms with van der Waals surface area (Å²) in [4.78, 5) is 32.8. The maximum atomic E-state index is 13.6. The molecule has 7 nitrogen and oxygen atoms in total. The third-order valence-electron chi connectivity index (χ3n) is 6.56. The quantitative estimate of drug-likeness (QED) is 0.610. The van der Waals surface area contributed by atoms with E-state index in [9.17, 15) is 9.59 Å². The first-order valence-electron chi connectivity index (χ1n) is 11.6. The van der Waals surface area contributed by atoms with Crippen molar-refractivity contribution in [3.63, 3.8) is 0 Å². The lowest BCUT2D eigenvalue weighted by molar-refractivity contribution is 0.0951. The van der Waals surface area contributed by atoms with Crippen molar-refractivity contribution in [1.82, 2.24) is 14.9 Å². The van der Waals surface area contributed by atoms with Gasteiger partial charge >= 0.3 is 0 Å². The number of nitrogens with zero attached hydrogens (tertiary/aromatic N) is 3. The number of carbonyl (C=O) groups is 1. The molecule has 5 rings (SSSR count). The van der Waals surface area contributed by atoms with Gasteiger partial charge in [-0.3, -0.25) is 14.2 Å². The molecule has 1 aromatic heterocycles. The molecule has 170 valence electrons. The van der Waals surface area contributed by atoms with Gasteiger partial charge in [-0.25, -0.2) is 4.98 Å². The first kappa shape index (κ1) is 21.4. The molecule has 0 bridgehead atoms. The zero-order chi connectivity index (χ0) is 22.9.